The molecule has 5 nitrogen and oxygen atoms in total. The SMILES string of the molecule is Cc1ccc(N=Cc2c(C)c(C#N)c(=O)n(C3CCCC3)c2O)cc1C. The second-order valence-electron chi connectivity index (χ2n) is 6.99. The van der Waals surface area contributed by atoms with Crippen molar-refractivity contribution in [2.75, 3.05) is 0 Å². The molecule has 134 valence electrons. The topological polar surface area (TPSA) is 78.4 Å². The fourth-order valence-corrected chi connectivity index (χ4v) is 3.54. The first-order chi connectivity index (χ1) is 12.4. The third-order valence-electron chi connectivity index (χ3n) is 5.32. The molecular weight excluding hydrogens is 326 g/mol. The van der Waals surface area contributed by atoms with Gasteiger partial charge in [-0.25, -0.2) is 0 Å². The van der Waals surface area contributed by atoms with Crippen LogP contribution in [0.15, 0.2) is 28.0 Å². The molecule has 0 unspecified atom stereocenters. The second kappa shape index (κ2) is 7.17. The number of aliphatic imine (C=N–C) groups is 1. The molecule has 0 atom stereocenters. The Labute approximate surface area is 153 Å². The van der Waals surface area contributed by atoms with E-state index >= 15 is 0 Å². The third-order valence-corrected chi connectivity index (χ3v) is 5.32. The number of nitrogens with zero attached hydrogens (tertiary/aromatic N) is 3. The number of aromatic hydroxyl groups is 1. The van der Waals surface area contributed by atoms with Crippen molar-refractivity contribution in [1.29, 1.82) is 5.26 Å². The molecule has 1 saturated carbocycles. The quantitative estimate of drug-likeness (QED) is 0.843. The van der Waals surface area contributed by atoms with Crippen molar-refractivity contribution in [2.24, 2.45) is 4.99 Å². The molecule has 0 amide bonds. The largest absolute Gasteiger partial charge is 0.494 e. The molecule has 0 spiro atoms. The van der Waals surface area contributed by atoms with Crippen molar-refractivity contribution < 1.29 is 5.11 Å². The lowest BCUT2D eigenvalue weighted by Crippen LogP contribution is -2.28. The van der Waals surface area contributed by atoms with Gasteiger partial charge in [0.1, 0.15) is 11.6 Å². The molecule has 26 heavy (non-hydrogen) atoms. The molecule has 0 bridgehead atoms. The molecule has 1 heterocycles. The van der Waals surface area contributed by atoms with Gasteiger partial charge in [-0.05, 0) is 62.4 Å². The van der Waals surface area contributed by atoms with Crippen molar-refractivity contribution in [3.05, 3.63) is 56.4 Å². The Morgan fingerprint density at radius 1 is 1.23 bits per heavy atom. The Hall–Kier alpha value is -2.87. The summed E-state index contributed by atoms with van der Waals surface area (Å²) in [5, 5.41) is 20.2. The molecule has 5 heteroatoms. The van der Waals surface area contributed by atoms with Crippen molar-refractivity contribution in [2.45, 2.75) is 52.5 Å². The monoisotopic (exact) mass is 349 g/mol. The number of benzene rings is 1. The Balaban J connectivity index is 2.12. The van der Waals surface area contributed by atoms with Crippen LogP contribution in [0, 0.1) is 32.1 Å². The third kappa shape index (κ3) is 3.15. The summed E-state index contributed by atoms with van der Waals surface area (Å²) in [5.74, 6) is -0.0917. The lowest BCUT2D eigenvalue weighted by atomic mass is 10.0. The zero-order valence-corrected chi connectivity index (χ0v) is 15.4. The highest BCUT2D eigenvalue weighted by molar-refractivity contribution is 5.87. The average molecular weight is 349 g/mol. The van der Waals surface area contributed by atoms with Crippen molar-refractivity contribution in [3.63, 3.8) is 0 Å². The number of hydrogen-bond donors (Lipinski definition) is 1. The molecule has 1 N–H and O–H groups in total. The maximum Gasteiger partial charge on any atom is 0.271 e. The number of aromatic nitrogens is 1. The van der Waals surface area contributed by atoms with Gasteiger partial charge >= 0.3 is 0 Å². The first-order valence-electron chi connectivity index (χ1n) is 8.93. The summed E-state index contributed by atoms with van der Waals surface area (Å²) in [6.45, 7) is 5.74. The van der Waals surface area contributed by atoms with E-state index in [2.05, 4.69) is 4.99 Å². The summed E-state index contributed by atoms with van der Waals surface area (Å²) in [4.78, 5) is 17.1. The van der Waals surface area contributed by atoms with Crippen LogP contribution in [-0.2, 0) is 0 Å². The zero-order valence-electron chi connectivity index (χ0n) is 15.4. The minimum Gasteiger partial charge on any atom is -0.494 e. The summed E-state index contributed by atoms with van der Waals surface area (Å²) in [6, 6.07) is 7.82. The Bertz CT molecular complexity index is 974. The summed E-state index contributed by atoms with van der Waals surface area (Å²) >= 11 is 0. The van der Waals surface area contributed by atoms with Gasteiger partial charge in [0.2, 0.25) is 5.88 Å². The molecule has 0 radical (unpaired) electrons. The number of pyridine rings is 1. The molecule has 2 aromatic rings. The van der Waals surface area contributed by atoms with Crippen LogP contribution < -0.4 is 5.56 Å². The molecule has 1 aromatic carbocycles. The molecule has 1 aliphatic carbocycles. The molecule has 1 fully saturated rings. The first kappa shape index (κ1) is 17.9. The summed E-state index contributed by atoms with van der Waals surface area (Å²) in [7, 11) is 0. The van der Waals surface area contributed by atoms with Gasteiger partial charge in [0.25, 0.3) is 5.56 Å². The highest BCUT2D eigenvalue weighted by Crippen LogP contribution is 2.33. The maximum absolute atomic E-state index is 12.7. The zero-order chi connectivity index (χ0) is 18.8. The Morgan fingerprint density at radius 3 is 2.54 bits per heavy atom. The lowest BCUT2D eigenvalue weighted by Gasteiger charge is -2.19. The van der Waals surface area contributed by atoms with Crippen LogP contribution >= 0.6 is 0 Å². The average Bonchev–Trinajstić information content (AvgIpc) is 3.12. The van der Waals surface area contributed by atoms with E-state index in [0.717, 1.165) is 36.9 Å². The van der Waals surface area contributed by atoms with E-state index < -0.39 is 5.56 Å². The highest BCUT2D eigenvalue weighted by atomic mass is 16.3. The molecule has 0 saturated heterocycles. The Kier molecular flexibility index (Phi) is 4.94. The summed E-state index contributed by atoms with van der Waals surface area (Å²) in [6.07, 6.45) is 5.29. The number of nitriles is 1. The van der Waals surface area contributed by atoms with E-state index in [1.165, 1.54) is 10.1 Å². The normalized spacial score (nSPS) is 14.8. The van der Waals surface area contributed by atoms with Gasteiger partial charge in [-0.15, -0.1) is 0 Å². The lowest BCUT2D eigenvalue weighted by molar-refractivity contribution is 0.368. The van der Waals surface area contributed by atoms with Crippen molar-refractivity contribution >= 4 is 11.9 Å². The summed E-state index contributed by atoms with van der Waals surface area (Å²) in [5.41, 5.74) is 3.67. The molecule has 1 aromatic heterocycles. The molecule has 0 aliphatic heterocycles. The van der Waals surface area contributed by atoms with E-state index in [9.17, 15) is 15.2 Å². The Morgan fingerprint density at radius 2 is 1.92 bits per heavy atom. The van der Waals surface area contributed by atoms with E-state index in [1.807, 2.05) is 38.1 Å². The van der Waals surface area contributed by atoms with Gasteiger partial charge in [0.15, 0.2) is 0 Å². The number of rotatable bonds is 3. The van der Waals surface area contributed by atoms with Gasteiger partial charge in [-0.1, -0.05) is 18.9 Å². The molecule has 1 aliphatic rings. The standard InChI is InChI=1S/C21H23N3O2/c1-13-8-9-16(10-14(13)2)23-12-19-15(3)18(11-22)20(25)24(21(19)26)17-6-4-5-7-17/h8-10,12,17,26H,4-7H2,1-3H3. The predicted molar refractivity (Wildman–Crippen MR) is 102 cm³/mol. The van der Waals surface area contributed by atoms with Crippen LogP contribution in [0.1, 0.15) is 59.5 Å². The van der Waals surface area contributed by atoms with Gasteiger partial charge in [-0.2, -0.15) is 5.26 Å². The maximum atomic E-state index is 12.7. The highest BCUT2D eigenvalue weighted by Gasteiger charge is 2.25. The van der Waals surface area contributed by atoms with E-state index in [-0.39, 0.29) is 17.5 Å². The van der Waals surface area contributed by atoms with Gasteiger partial charge in [-0.3, -0.25) is 14.4 Å². The molecular formula is C21H23N3O2. The van der Waals surface area contributed by atoms with Crippen LogP contribution in [0.2, 0.25) is 0 Å². The number of aryl methyl sites for hydroxylation is 2. The van der Waals surface area contributed by atoms with Crippen molar-refractivity contribution in [1.82, 2.24) is 4.57 Å². The fourth-order valence-electron chi connectivity index (χ4n) is 3.54. The predicted octanol–water partition coefficient (Wildman–Crippen LogP) is 4.22. The molecule has 3 rings (SSSR count). The van der Waals surface area contributed by atoms with Crippen LogP contribution in [-0.4, -0.2) is 15.9 Å². The minimum atomic E-state index is -0.405. The van der Waals surface area contributed by atoms with E-state index in [1.54, 1.807) is 13.1 Å². The van der Waals surface area contributed by atoms with Crippen molar-refractivity contribution in [3.8, 4) is 11.9 Å². The van der Waals surface area contributed by atoms with Crippen LogP contribution in [0.3, 0.4) is 0 Å². The van der Waals surface area contributed by atoms with Gasteiger partial charge in [0.05, 0.1) is 11.3 Å². The fraction of sp³-hybridized carbons (Fsp3) is 0.381. The van der Waals surface area contributed by atoms with Crippen LogP contribution in [0.4, 0.5) is 5.69 Å². The van der Waals surface area contributed by atoms with Crippen LogP contribution in [0.25, 0.3) is 0 Å². The van der Waals surface area contributed by atoms with Crippen LogP contribution in [0.5, 0.6) is 5.88 Å². The van der Waals surface area contributed by atoms with Gasteiger partial charge in [0, 0.05) is 12.3 Å². The van der Waals surface area contributed by atoms with E-state index in [4.69, 9.17) is 0 Å². The second-order valence-corrected chi connectivity index (χ2v) is 6.99. The minimum absolute atomic E-state index is 0.0519. The smallest absolute Gasteiger partial charge is 0.271 e. The summed E-state index contributed by atoms with van der Waals surface area (Å²) < 4.78 is 1.39. The first-order valence-corrected chi connectivity index (χ1v) is 8.93. The van der Waals surface area contributed by atoms with Gasteiger partial charge < -0.3 is 5.11 Å². The number of hydrogen-bond acceptors (Lipinski definition) is 4. The van der Waals surface area contributed by atoms with E-state index in [0.29, 0.717) is 11.1 Å².